The van der Waals surface area contributed by atoms with E-state index in [-0.39, 0.29) is 18.3 Å². The van der Waals surface area contributed by atoms with E-state index in [4.69, 9.17) is 4.74 Å². The van der Waals surface area contributed by atoms with Gasteiger partial charge in [0.15, 0.2) is 5.17 Å². The Morgan fingerprint density at radius 2 is 1.61 bits per heavy atom. The van der Waals surface area contributed by atoms with Crippen LogP contribution >= 0.6 is 11.8 Å². The lowest BCUT2D eigenvalue weighted by atomic mass is 10.1. The summed E-state index contributed by atoms with van der Waals surface area (Å²) in [5, 5.41) is 5.35. The van der Waals surface area contributed by atoms with E-state index in [1.165, 1.54) is 17.8 Å². The van der Waals surface area contributed by atoms with E-state index < -0.39 is 0 Å². The van der Waals surface area contributed by atoms with Gasteiger partial charge >= 0.3 is 0 Å². The van der Waals surface area contributed by atoms with E-state index in [0.29, 0.717) is 21.4 Å². The van der Waals surface area contributed by atoms with Crippen molar-refractivity contribution in [2.24, 2.45) is 4.99 Å². The zero-order valence-corrected chi connectivity index (χ0v) is 18.3. The van der Waals surface area contributed by atoms with Crippen LogP contribution in [0.4, 0.5) is 10.1 Å². The van der Waals surface area contributed by atoms with E-state index in [1.54, 1.807) is 24.3 Å². The number of carbonyl (C=O) groups excluding carboxylic acids is 1. The van der Waals surface area contributed by atoms with Crippen molar-refractivity contribution in [3.05, 3.63) is 113 Å². The van der Waals surface area contributed by atoms with E-state index in [9.17, 15) is 9.18 Å². The smallest absolute Gasteiger partial charge is 0.264 e. The molecule has 0 saturated carbocycles. The summed E-state index contributed by atoms with van der Waals surface area (Å²) in [7, 11) is 0. The summed E-state index contributed by atoms with van der Waals surface area (Å²) in [4.78, 5) is 17.6. The molecule has 1 fully saturated rings. The van der Waals surface area contributed by atoms with Gasteiger partial charge in [0.2, 0.25) is 0 Å². The Morgan fingerprint density at radius 3 is 2.39 bits per heavy atom. The fourth-order valence-corrected chi connectivity index (χ4v) is 4.32. The first-order valence-electron chi connectivity index (χ1n) is 10.4. The molecule has 1 heterocycles. The number of carbonyl (C=O) groups is 1. The van der Waals surface area contributed by atoms with Crippen molar-refractivity contribution in [1.29, 1.82) is 0 Å². The van der Waals surface area contributed by atoms with Crippen molar-refractivity contribution < 1.29 is 13.9 Å². The summed E-state index contributed by atoms with van der Waals surface area (Å²) in [5.74, 6) is 0.0416. The maximum atomic E-state index is 14.1. The first-order chi connectivity index (χ1) is 16.2. The van der Waals surface area contributed by atoms with Crippen LogP contribution in [0.3, 0.4) is 0 Å². The number of benzene rings is 4. The molecule has 4 aromatic rings. The molecule has 1 aliphatic rings. The number of thioether (sulfide) groups is 1. The Bertz CT molecular complexity index is 1400. The van der Waals surface area contributed by atoms with Crippen LogP contribution in [-0.2, 0) is 11.4 Å². The molecule has 4 aromatic carbocycles. The second-order valence-corrected chi connectivity index (χ2v) is 8.47. The quantitative estimate of drug-likeness (QED) is 0.353. The molecule has 0 atom stereocenters. The molecule has 4 nitrogen and oxygen atoms in total. The van der Waals surface area contributed by atoms with Gasteiger partial charge in [-0.15, -0.1) is 0 Å². The van der Waals surface area contributed by atoms with Crippen LogP contribution in [0.1, 0.15) is 11.1 Å². The zero-order valence-electron chi connectivity index (χ0n) is 17.5. The molecule has 0 unspecified atom stereocenters. The van der Waals surface area contributed by atoms with Crippen molar-refractivity contribution in [2.45, 2.75) is 6.61 Å². The molecule has 0 radical (unpaired) electrons. The summed E-state index contributed by atoms with van der Waals surface area (Å²) in [6.45, 7) is 0.0846. The van der Waals surface area contributed by atoms with Gasteiger partial charge < -0.3 is 10.1 Å². The lowest BCUT2D eigenvalue weighted by molar-refractivity contribution is -0.115. The number of hydrogen-bond acceptors (Lipinski definition) is 4. The number of amidine groups is 1. The standard InChI is InChI=1S/C27H19FN2O2S/c28-23-13-7-6-10-20(23)17-32-24-15-19-9-5-4-8-18(19)14-21(24)16-25-26(31)30-27(33-25)29-22-11-2-1-3-12-22/h1-16H,17H2,(H,29,30,31). The minimum Gasteiger partial charge on any atom is -0.488 e. The molecule has 1 N–H and O–H groups in total. The highest BCUT2D eigenvalue weighted by Gasteiger charge is 2.24. The number of amides is 1. The average Bonchev–Trinajstić information content (AvgIpc) is 3.17. The third-order valence-corrected chi connectivity index (χ3v) is 6.05. The van der Waals surface area contributed by atoms with Crippen molar-refractivity contribution in [1.82, 2.24) is 5.32 Å². The van der Waals surface area contributed by atoms with Crippen molar-refractivity contribution >= 4 is 45.4 Å². The fraction of sp³-hybridized carbons (Fsp3) is 0.0370. The molecule has 5 rings (SSSR count). The van der Waals surface area contributed by atoms with Gasteiger partial charge in [0, 0.05) is 11.1 Å². The largest absolute Gasteiger partial charge is 0.488 e. The predicted molar refractivity (Wildman–Crippen MR) is 132 cm³/mol. The van der Waals surface area contributed by atoms with Gasteiger partial charge in [0.1, 0.15) is 18.2 Å². The molecule has 1 saturated heterocycles. The lowest BCUT2D eigenvalue weighted by Crippen LogP contribution is -2.19. The number of fused-ring (bicyclic) bond motifs is 1. The van der Waals surface area contributed by atoms with Gasteiger partial charge in [-0.3, -0.25) is 4.79 Å². The second kappa shape index (κ2) is 9.30. The molecule has 0 aliphatic carbocycles. The van der Waals surface area contributed by atoms with Crippen LogP contribution in [-0.4, -0.2) is 11.1 Å². The Labute approximate surface area is 194 Å². The third kappa shape index (κ3) is 4.81. The van der Waals surface area contributed by atoms with Crippen LogP contribution in [0, 0.1) is 5.82 Å². The van der Waals surface area contributed by atoms with Gasteiger partial charge in [-0.1, -0.05) is 60.7 Å². The topological polar surface area (TPSA) is 50.7 Å². The van der Waals surface area contributed by atoms with Gasteiger partial charge in [0.25, 0.3) is 5.91 Å². The molecule has 6 heteroatoms. The summed E-state index contributed by atoms with van der Waals surface area (Å²) >= 11 is 1.27. The summed E-state index contributed by atoms with van der Waals surface area (Å²) in [6.07, 6.45) is 1.79. The number of para-hydroxylation sites is 1. The Balaban J connectivity index is 1.48. The zero-order chi connectivity index (χ0) is 22.6. The maximum Gasteiger partial charge on any atom is 0.264 e. The first-order valence-corrected chi connectivity index (χ1v) is 11.2. The van der Waals surface area contributed by atoms with Gasteiger partial charge in [-0.25, -0.2) is 9.38 Å². The molecule has 0 aromatic heterocycles. The highest BCUT2D eigenvalue weighted by molar-refractivity contribution is 8.18. The SMILES string of the molecule is O=C1NC(=Nc2ccccc2)SC1=Cc1cc2ccccc2cc1OCc1ccccc1F. The average molecular weight is 455 g/mol. The van der Waals surface area contributed by atoms with Crippen molar-refractivity contribution in [3.8, 4) is 5.75 Å². The lowest BCUT2D eigenvalue weighted by Gasteiger charge is -2.12. The number of nitrogens with one attached hydrogen (secondary N) is 1. The highest BCUT2D eigenvalue weighted by Crippen LogP contribution is 2.33. The second-order valence-electron chi connectivity index (χ2n) is 7.43. The van der Waals surface area contributed by atoms with E-state index in [0.717, 1.165) is 22.0 Å². The Hall–Kier alpha value is -3.90. The molecule has 0 spiro atoms. The van der Waals surface area contributed by atoms with Gasteiger partial charge in [-0.05, 0) is 58.9 Å². The molecule has 33 heavy (non-hydrogen) atoms. The molecular weight excluding hydrogens is 435 g/mol. The van der Waals surface area contributed by atoms with Gasteiger partial charge in [0.05, 0.1) is 10.6 Å². The minimum absolute atomic E-state index is 0.0846. The molecular formula is C27H19FN2O2S. The van der Waals surface area contributed by atoms with Gasteiger partial charge in [-0.2, -0.15) is 0 Å². The summed E-state index contributed by atoms with van der Waals surface area (Å²) < 4.78 is 20.1. The van der Waals surface area contributed by atoms with Crippen molar-refractivity contribution in [2.75, 3.05) is 0 Å². The van der Waals surface area contributed by atoms with Crippen LogP contribution in [0.15, 0.2) is 101 Å². The van der Waals surface area contributed by atoms with E-state index >= 15 is 0 Å². The molecule has 0 bridgehead atoms. The van der Waals surface area contributed by atoms with Crippen LogP contribution in [0.25, 0.3) is 16.8 Å². The number of ether oxygens (including phenoxy) is 1. The van der Waals surface area contributed by atoms with Crippen molar-refractivity contribution in [3.63, 3.8) is 0 Å². The summed E-state index contributed by atoms with van der Waals surface area (Å²) in [5.41, 5.74) is 1.97. The predicted octanol–water partition coefficient (Wildman–Crippen LogP) is 6.45. The Morgan fingerprint density at radius 1 is 0.909 bits per heavy atom. The maximum absolute atomic E-state index is 14.1. The molecule has 162 valence electrons. The first kappa shape index (κ1) is 21.0. The van der Waals surface area contributed by atoms with Crippen LogP contribution < -0.4 is 10.1 Å². The number of hydrogen-bond donors (Lipinski definition) is 1. The molecule has 1 amide bonds. The van der Waals surface area contributed by atoms with Crippen LogP contribution in [0.2, 0.25) is 0 Å². The fourth-order valence-electron chi connectivity index (χ4n) is 3.49. The number of aliphatic imine (C=N–C) groups is 1. The minimum atomic E-state index is -0.314. The normalized spacial score (nSPS) is 15.8. The monoisotopic (exact) mass is 454 g/mol. The Kier molecular flexibility index (Phi) is 5.91. The van der Waals surface area contributed by atoms with E-state index in [1.807, 2.05) is 66.7 Å². The molecule has 1 aliphatic heterocycles. The third-order valence-electron chi connectivity index (χ3n) is 5.14. The van der Waals surface area contributed by atoms with E-state index in [2.05, 4.69) is 10.3 Å². The number of halogens is 1. The van der Waals surface area contributed by atoms with Crippen LogP contribution in [0.5, 0.6) is 5.75 Å². The number of rotatable bonds is 5. The highest BCUT2D eigenvalue weighted by atomic mass is 32.2. The summed E-state index contributed by atoms with van der Waals surface area (Å²) in [6, 6.07) is 27.8. The number of nitrogens with zero attached hydrogens (tertiary/aromatic N) is 1.